The third kappa shape index (κ3) is 3.34. The van der Waals surface area contributed by atoms with Gasteiger partial charge < -0.3 is 9.88 Å². The Hall–Kier alpha value is -0.830. The van der Waals surface area contributed by atoms with Crippen molar-refractivity contribution >= 4 is 0 Å². The van der Waals surface area contributed by atoms with Gasteiger partial charge >= 0.3 is 0 Å². The van der Waals surface area contributed by atoms with Crippen molar-refractivity contribution in [1.29, 1.82) is 0 Å². The van der Waals surface area contributed by atoms with Crippen molar-refractivity contribution in [3.63, 3.8) is 0 Å². The Morgan fingerprint density at radius 3 is 2.62 bits per heavy atom. The summed E-state index contributed by atoms with van der Waals surface area (Å²) in [5, 5.41) is 3.67. The predicted molar refractivity (Wildman–Crippen MR) is 66.2 cm³/mol. The molecule has 90 valence electrons. The first-order valence-corrected chi connectivity index (χ1v) is 6.43. The lowest BCUT2D eigenvalue weighted by atomic mass is 9.80. The maximum atomic E-state index is 4.05. The van der Waals surface area contributed by atoms with Crippen LogP contribution in [0.25, 0.3) is 0 Å². The van der Waals surface area contributed by atoms with Crippen molar-refractivity contribution in [2.24, 2.45) is 11.8 Å². The van der Waals surface area contributed by atoms with E-state index in [1.54, 1.807) is 0 Å². The third-order valence-corrected chi connectivity index (χ3v) is 3.54. The molecule has 0 spiro atoms. The van der Waals surface area contributed by atoms with E-state index in [0.717, 1.165) is 31.0 Å². The molecule has 16 heavy (non-hydrogen) atoms. The Bertz CT molecular complexity index is 284. The van der Waals surface area contributed by atoms with Gasteiger partial charge in [0.2, 0.25) is 0 Å². The highest BCUT2D eigenvalue weighted by Crippen LogP contribution is 2.28. The fourth-order valence-electron chi connectivity index (χ4n) is 2.93. The number of hydrogen-bond acceptors (Lipinski definition) is 2. The van der Waals surface area contributed by atoms with Crippen LogP contribution in [-0.2, 0) is 6.54 Å². The van der Waals surface area contributed by atoms with Crippen LogP contribution >= 0.6 is 0 Å². The molecule has 1 aliphatic carbocycles. The summed E-state index contributed by atoms with van der Waals surface area (Å²) in [6, 6.07) is 0.724. The quantitative estimate of drug-likeness (QED) is 0.845. The van der Waals surface area contributed by atoms with E-state index in [-0.39, 0.29) is 0 Å². The largest absolute Gasteiger partial charge is 0.336 e. The van der Waals surface area contributed by atoms with Gasteiger partial charge in [0.15, 0.2) is 0 Å². The molecule has 1 aliphatic rings. The first-order valence-electron chi connectivity index (χ1n) is 6.43. The second-order valence-electron chi connectivity index (χ2n) is 5.37. The molecule has 0 radical (unpaired) electrons. The van der Waals surface area contributed by atoms with Crippen LogP contribution in [0.2, 0.25) is 0 Å². The van der Waals surface area contributed by atoms with E-state index >= 15 is 0 Å². The highest BCUT2D eigenvalue weighted by molar-refractivity contribution is 4.80. The minimum atomic E-state index is 0.724. The van der Waals surface area contributed by atoms with E-state index in [1.165, 1.54) is 19.3 Å². The fraction of sp³-hybridized carbons (Fsp3) is 0.769. The molecule has 0 saturated heterocycles. The smallest absolute Gasteiger partial charge is 0.0946 e. The highest BCUT2D eigenvalue weighted by atomic mass is 15.0. The Morgan fingerprint density at radius 1 is 1.25 bits per heavy atom. The van der Waals surface area contributed by atoms with E-state index < -0.39 is 0 Å². The SMILES string of the molecule is CC1CC(C)CC(NCCn2ccnc2)C1. The normalized spacial score (nSPS) is 30.5. The minimum absolute atomic E-state index is 0.724. The van der Waals surface area contributed by atoms with Crippen LogP contribution in [0.3, 0.4) is 0 Å². The molecule has 2 unspecified atom stereocenters. The molecule has 3 heteroatoms. The first kappa shape index (κ1) is 11.6. The van der Waals surface area contributed by atoms with Gasteiger partial charge in [0.1, 0.15) is 0 Å². The topological polar surface area (TPSA) is 29.9 Å². The monoisotopic (exact) mass is 221 g/mol. The molecular weight excluding hydrogens is 198 g/mol. The van der Waals surface area contributed by atoms with Gasteiger partial charge in [-0.2, -0.15) is 0 Å². The van der Waals surface area contributed by atoms with Crippen molar-refractivity contribution in [2.45, 2.75) is 45.7 Å². The zero-order valence-electron chi connectivity index (χ0n) is 10.4. The molecule has 3 nitrogen and oxygen atoms in total. The number of aromatic nitrogens is 2. The van der Waals surface area contributed by atoms with Crippen LogP contribution < -0.4 is 5.32 Å². The number of nitrogens with zero attached hydrogens (tertiary/aromatic N) is 2. The molecule has 1 N–H and O–H groups in total. The zero-order chi connectivity index (χ0) is 11.4. The summed E-state index contributed by atoms with van der Waals surface area (Å²) in [6.07, 6.45) is 9.83. The Kier molecular flexibility index (Phi) is 3.99. The Labute approximate surface area is 98.3 Å². The van der Waals surface area contributed by atoms with Crippen molar-refractivity contribution in [1.82, 2.24) is 14.9 Å². The van der Waals surface area contributed by atoms with Gasteiger partial charge in [-0.05, 0) is 31.1 Å². The fourth-order valence-corrected chi connectivity index (χ4v) is 2.93. The molecule has 1 saturated carbocycles. The Balaban J connectivity index is 1.69. The molecule has 1 heterocycles. The van der Waals surface area contributed by atoms with Gasteiger partial charge in [-0.15, -0.1) is 0 Å². The molecule has 2 atom stereocenters. The summed E-state index contributed by atoms with van der Waals surface area (Å²) >= 11 is 0. The number of nitrogens with one attached hydrogen (secondary N) is 1. The van der Waals surface area contributed by atoms with Crippen LogP contribution in [0, 0.1) is 11.8 Å². The maximum Gasteiger partial charge on any atom is 0.0946 e. The second-order valence-corrected chi connectivity index (χ2v) is 5.37. The number of imidazole rings is 1. The summed E-state index contributed by atoms with van der Waals surface area (Å²) in [5.41, 5.74) is 0. The number of hydrogen-bond donors (Lipinski definition) is 1. The van der Waals surface area contributed by atoms with Crippen LogP contribution in [0.15, 0.2) is 18.7 Å². The summed E-state index contributed by atoms with van der Waals surface area (Å²) in [4.78, 5) is 4.05. The van der Waals surface area contributed by atoms with Gasteiger partial charge in [0, 0.05) is 31.5 Å². The molecule has 2 rings (SSSR count). The molecule has 0 aromatic carbocycles. The van der Waals surface area contributed by atoms with Crippen LogP contribution in [-0.4, -0.2) is 22.1 Å². The molecule has 0 amide bonds. The molecule has 0 aliphatic heterocycles. The third-order valence-electron chi connectivity index (χ3n) is 3.54. The van der Waals surface area contributed by atoms with E-state index in [1.807, 2.05) is 18.7 Å². The van der Waals surface area contributed by atoms with Crippen LogP contribution in [0.1, 0.15) is 33.1 Å². The summed E-state index contributed by atoms with van der Waals surface area (Å²) in [7, 11) is 0. The maximum absolute atomic E-state index is 4.05. The average molecular weight is 221 g/mol. The van der Waals surface area contributed by atoms with Crippen molar-refractivity contribution in [3.05, 3.63) is 18.7 Å². The zero-order valence-corrected chi connectivity index (χ0v) is 10.4. The van der Waals surface area contributed by atoms with Crippen LogP contribution in [0.4, 0.5) is 0 Å². The minimum Gasteiger partial charge on any atom is -0.336 e. The van der Waals surface area contributed by atoms with Crippen molar-refractivity contribution in [3.8, 4) is 0 Å². The molecular formula is C13H23N3. The molecule has 1 aromatic rings. The predicted octanol–water partition coefficient (Wildman–Crippen LogP) is 2.30. The molecule has 0 bridgehead atoms. The summed E-state index contributed by atoms with van der Waals surface area (Å²) < 4.78 is 2.13. The van der Waals surface area contributed by atoms with Gasteiger partial charge in [-0.3, -0.25) is 0 Å². The average Bonchev–Trinajstić information content (AvgIpc) is 2.69. The number of rotatable bonds is 4. The van der Waals surface area contributed by atoms with E-state index in [2.05, 4.69) is 28.7 Å². The summed E-state index contributed by atoms with van der Waals surface area (Å²) in [5.74, 6) is 1.77. The lowest BCUT2D eigenvalue weighted by Gasteiger charge is -2.32. The van der Waals surface area contributed by atoms with Crippen molar-refractivity contribution in [2.75, 3.05) is 6.54 Å². The summed E-state index contributed by atoms with van der Waals surface area (Å²) in [6.45, 7) is 6.83. The Morgan fingerprint density at radius 2 is 2.00 bits per heavy atom. The molecule has 1 fully saturated rings. The van der Waals surface area contributed by atoms with E-state index in [9.17, 15) is 0 Å². The lowest BCUT2D eigenvalue weighted by molar-refractivity contribution is 0.238. The standard InChI is InChI=1S/C13H23N3/c1-11-7-12(2)9-13(8-11)15-4-6-16-5-3-14-10-16/h3,5,10-13,15H,4,6-9H2,1-2H3. The van der Waals surface area contributed by atoms with E-state index in [4.69, 9.17) is 0 Å². The van der Waals surface area contributed by atoms with Crippen molar-refractivity contribution < 1.29 is 0 Å². The second kappa shape index (κ2) is 5.48. The highest BCUT2D eigenvalue weighted by Gasteiger charge is 2.22. The van der Waals surface area contributed by atoms with Gasteiger partial charge in [-0.25, -0.2) is 4.98 Å². The first-order chi connectivity index (χ1) is 7.74. The van der Waals surface area contributed by atoms with E-state index in [0.29, 0.717) is 0 Å². The van der Waals surface area contributed by atoms with Gasteiger partial charge in [-0.1, -0.05) is 13.8 Å². The molecule has 1 aromatic heterocycles. The van der Waals surface area contributed by atoms with Gasteiger partial charge in [0.05, 0.1) is 6.33 Å². The lowest BCUT2D eigenvalue weighted by Crippen LogP contribution is -2.37. The van der Waals surface area contributed by atoms with Gasteiger partial charge in [0.25, 0.3) is 0 Å². The van der Waals surface area contributed by atoms with Crippen LogP contribution in [0.5, 0.6) is 0 Å².